The molecule has 16 heteroatoms. The summed E-state index contributed by atoms with van der Waals surface area (Å²) in [4.78, 5) is 37.5. The first kappa shape index (κ1) is 33.0. The van der Waals surface area contributed by atoms with Gasteiger partial charge < -0.3 is 20.3 Å². The summed E-state index contributed by atoms with van der Waals surface area (Å²) in [5, 5.41) is 17.3. The molecule has 0 spiro atoms. The summed E-state index contributed by atoms with van der Waals surface area (Å²) in [7, 11) is 0. The maximum Gasteiger partial charge on any atom is 0.490 e. The van der Waals surface area contributed by atoms with Crippen LogP contribution in [0.1, 0.15) is 21.9 Å². The van der Waals surface area contributed by atoms with Crippen molar-refractivity contribution in [1.82, 2.24) is 19.6 Å². The number of hydrogen-bond donors (Lipinski definition) is 3. The summed E-state index contributed by atoms with van der Waals surface area (Å²) in [6.45, 7) is 4.60. The van der Waals surface area contributed by atoms with Gasteiger partial charge in [-0.15, -0.1) is 0 Å². The lowest BCUT2D eigenvalue weighted by Gasteiger charge is -2.25. The molecule has 0 bridgehead atoms. The molecule has 0 saturated carbocycles. The molecule has 1 saturated heterocycles. The molecule has 0 unspecified atom stereocenters. The van der Waals surface area contributed by atoms with E-state index < -0.39 is 24.3 Å². The van der Waals surface area contributed by atoms with Gasteiger partial charge in [0.05, 0.1) is 24.4 Å². The van der Waals surface area contributed by atoms with Gasteiger partial charge in [0.15, 0.2) is 0 Å². The van der Waals surface area contributed by atoms with E-state index in [4.69, 9.17) is 24.5 Å². The quantitative estimate of drug-likeness (QED) is 0.371. The van der Waals surface area contributed by atoms with E-state index in [2.05, 4.69) is 27.3 Å². The molecule has 2 aromatic heterocycles. The summed E-state index contributed by atoms with van der Waals surface area (Å²) >= 11 is 0. The second kappa shape index (κ2) is 15.0. The van der Waals surface area contributed by atoms with Crippen LogP contribution < -0.4 is 5.32 Å². The first-order valence-electron chi connectivity index (χ1n) is 11.9. The number of carboxylic acid groups (broad SMARTS) is 2. The third-order valence-electron chi connectivity index (χ3n) is 5.33. The van der Waals surface area contributed by atoms with Crippen molar-refractivity contribution in [1.29, 1.82) is 0 Å². The lowest BCUT2D eigenvalue weighted by atomic mass is 10.1. The summed E-state index contributed by atoms with van der Waals surface area (Å²) in [5.41, 5.74) is 3.13. The van der Waals surface area contributed by atoms with Gasteiger partial charge in [0.2, 0.25) is 5.82 Å². The summed E-state index contributed by atoms with van der Waals surface area (Å²) in [6.07, 6.45) is -7.46. The number of morpholine rings is 1. The zero-order chi connectivity index (χ0) is 30.6. The fourth-order valence-corrected chi connectivity index (χ4v) is 3.39. The molecule has 41 heavy (non-hydrogen) atoms. The molecule has 0 radical (unpaired) electrons. The van der Waals surface area contributed by atoms with Crippen molar-refractivity contribution in [2.75, 3.05) is 32.8 Å². The molecule has 1 aliphatic heterocycles. The van der Waals surface area contributed by atoms with Gasteiger partial charge in [0, 0.05) is 32.4 Å². The summed E-state index contributed by atoms with van der Waals surface area (Å²) in [6, 6.07) is 16.1. The number of rotatable bonds is 6. The second-order valence-electron chi connectivity index (χ2n) is 8.32. The van der Waals surface area contributed by atoms with Crippen LogP contribution >= 0.6 is 0 Å². The first-order valence-corrected chi connectivity index (χ1v) is 11.9. The molecule has 1 aromatic carbocycles. The van der Waals surface area contributed by atoms with Crippen molar-refractivity contribution in [2.45, 2.75) is 25.3 Å². The highest BCUT2D eigenvalue weighted by atomic mass is 19.4. The number of fused-ring (bicyclic) bond motifs is 1. The largest absolute Gasteiger partial charge is 0.490 e. The minimum Gasteiger partial charge on any atom is -0.475 e. The van der Waals surface area contributed by atoms with Crippen LogP contribution in [0.15, 0.2) is 54.7 Å². The Labute approximate surface area is 229 Å². The van der Waals surface area contributed by atoms with Crippen LogP contribution in [-0.2, 0) is 27.3 Å². The molecule has 1 aliphatic rings. The Bertz CT molecular complexity index is 1270. The molecular formula is C25H26F6N4O6. The third kappa shape index (κ3) is 11.1. The minimum atomic E-state index is -5.08. The summed E-state index contributed by atoms with van der Waals surface area (Å²) < 4.78 is 70.8. The molecule has 3 aromatic rings. The van der Waals surface area contributed by atoms with Crippen molar-refractivity contribution in [3.8, 4) is 0 Å². The third-order valence-corrected chi connectivity index (χ3v) is 5.33. The van der Waals surface area contributed by atoms with Crippen molar-refractivity contribution in [3.05, 3.63) is 71.8 Å². The lowest BCUT2D eigenvalue weighted by molar-refractivity contribution is -0.193. The maximum atomic E-state index is 12.7. The van der Waals surface area contributed by atoms with Crippen LogP contribution in [-0.4, -0.2) is 87.5 Å². The highest BCUT2D eigenvalue weighted by Gasteiger charge is 2.38. The fourth-order valence-electron chi connectivity index (χ4n) is 3.39. The predicted octanol–water partition coefficient (Wildman–Crippen LogP) is 3.41. The van der Waals surface area contributed by atoms with Gasteiger partial charge in [-0.1, -0.05) is 36.4 Å². The number of imidazole rings is 1. The van der Waals surface area contributed by atoms with Gasteiger partial charge in [0.25, 0.3) is 5.91 Å². The van der Waals surface area contributed by atoms with Crippen LogP contribution in [0.25, 0.3) is 5.52 Å². The number of nitrogens with zero attached hydrogens (tertiary/aromatic N) is 3. The Morgan fingerprint density at radius 2 is 1.41 bits per heavy atom. The van der Waals surface area contributed by atoms with Crippen molar-refractivity contribution in [2.24, 2.45) is 0 Å². The van der Waals surface area contributed by atoms with E-state index in [1.54, 1.807) is 0 Å². The number of aromatic nitrogens is 2. The molecule has 10 nitrogen and oxygen atoms in total. The predicted molar refractivity (Wildman–Crippen MR) is 131 cm³/mol. The van der Waals surface area contributed by atoms with Gasteiger partial charge >= 0.3 is 24.3 Å². The van der Waals surface area contributed by atoms with Gasteiger partial charge in [-0.05, 0) is 24.1 Å². The number of hydrogen-bond acceptors (Lipinski definition) is 6. The maximum absolute atomic E-state index is 12.7. The Kier molecular flexibility index (Phi) is 12.1. The Hall–Kier alpha value is -4.18. The highest BCUT2D eigenvalue weighted by Crippen LogP contribution is 2.16. The zero-order valence-electron chi connectivity index (χ0n) is 21.3. The number of carbonyl (C=O) groups is 3. The minimum absolute atomic E-state index is 0.139. The topological polar surface area (TPSA) is 133 Å². The monoisotopic (exact) mass is 592 g/mol. The van der Waals surface area contributed by atoms with Crippen molar-refractivity contribution >= 4 is 23.4 Å². The van der Waals surface area contributed by atoms with Gasteiger partial charge in [0.1, 0.15) is 0 Å². The number of pyridine rings is 1. The van der Waals surface area contributed by atoms with E-state index in [1.165, 1.54) is 5.56 Å². The van der Waals surface area contributed by atoms with Crippen LogP contribution in [0, 0.1) is 0 Å². The molecule has 0 aliphatic carbocycles. The Morgan fingerprint density at radius 3 is 1.95 bits per heavy atom. The molecule has 3 heterocycles. The molecule has 3 N–H and O–H groups in total. The number of aliphatic carboxylic acids is 2. The van der Waals surface area contributed by atoms with Crippen LogP contribution in [0.4, 0.5) is 26.3 Å². The normalized spacial score (nSPS) is 13.8. The molecule has 1 fully saturated rings. The van der Waals surface area contributed by atoms with E-state index in [0.717, 1.165) is 50.5 Å². The van der Waals surface area contributed by atoms with Crippen molar-refractivity contribution in [3.63, 3.8) is 0 Å². The van der Waals surface area contributed by atoms with E-state index in [0.29, 0.717) is 12.4 Å². The van der Waals surface area contributed by atoms with Crippen LogP contribution in [0.3, 0.4) is 0 Å². The molecule has 0 atom stereocenters. The number of nitrogens with one attached hydrogen (secondary N) is 1. The van der Waals surface area contributed by atoms with Crippen molar-refractivity contribution < 1.29 is 55.7 Å². The fraction of sp³-hybridized carbons (Fsp3) is 0.360. The molecular weight excluding hydrogens is 566 g/mol. The first-order chi connectivity index (χ1) is 19.2. The molecule has 4 rings (SSSR count). The Balaban J connectivity index is 0.000000349. The highest BCUT2D eigenvalue weighted by molar-refractivity contribution is 5.92. The summed E-state index contributed by atoms with van der Waals surface area (Å²) in [5.74, 6) is -5.21. The van der Waals surface area contributed by atoms with Crippen LogP contribution in [0.5, 0.6) is 0 Å². The lowest BCUT2D eigenvalue weighted by Crippen LogP contribution is -2.35. The smallest absolute Gasteiger partial charge is 0.475 e. The number of amides is 1. The number of benzene rings is 1. The van der Waals surface area contributed by atoms with Crippen LogP contribution in [0.2, 0.25) is 0 Å². The van der Waals surface area contributed by atoms with Gasteiger partial charge in [-0.3, -0.25) is 14.1 Å². The van der Waals surface area contributed by atoms with E-state index >= 15 is 0 Å². The van der Waals surface area contributed by atoms with E-state index in [9.17, 15) is 31.1 Å². The van der Waals surface area contributed by atoms with E-state index in [-0.39, 0.29) is 5.91 Å². The SMILES string of the molecule is O=C(NCCc1ccccc1)c1nc(CN2CCOCC2)c2ccccn12.O=C(O)C(F)(F)F.O=C(O)C(F)(F)F. The number of ether oxygens (including phenoxy) is 1. The van der Waals surface area contributed by atoms with Gasteiger partial charge in [-0.2, -0.15) is 26.3 Å². The standard InChI is InChI=1S/C21H24N4O2.2C2HF3O2/c26-21(22-10-9-17-6-2-1-3-7-17)20-23-18(16-24-12-14-27-15-13-24)19-8-4-5-11-25(19)20;2*3-2(4,5)1(6)7/h1-8,11H,9-10,12-16H2,(H,22,26);2*(H,6,7). The zero-order valence-corrected chi connectivity index (χ0v) is 21.3. The average molecular weight is 592 g/mol. The van der Waals surface area contributed by atoms with Gasteiger partial charge in [-0.25, -0.2) is 14.6 Å². The number of carboxylic acids is 2. The number of alkyl halides is 6. The van der Waals surface area contributed by atoms with E-state index in [1.807, 2.05) is 47.0 Å². The number of halogens is 6. The number of carbonyl (C=O) groups excluding carboxylic acids is 1. The second-order valence-corrected chi connectivity index (χ2v) is 8.32. The average Bonchev–Trinajstić information content (AvgIpc) is 3.28. The molecule has 1 amide bonds. The Morgan fingerprint density at radius 1 is 0.878 bits per heavy atom. The molecule has 224 valence electrons.